The predicted molar refractivity (Wildman–Crippen MR) is 78.8 cm³/mol. The molecule has 3 N–H and O–H groups in total. The van der Waals surface area contributed by atoms with Gasteiger partial charge in [-0.25, -0.2) is 13.4 Å². The number of nitrogens with zero attached hydrogens (tertiary/aromatic N) is 1. The number of hydrogen-bond acceptors (Lipinski definition) is 6. The van der Waals surface area contributed by atoms with Crippen LogP contribution in [0.25, 0.3) is 0 Å². The first kappa shape index (κ1) is 17.4. The second kappa shape index (κ2) is 7.36. The third-order valence-electron chi connectivity index (χ3n) is 2.45. The maximum Gasteiger partial charge on any atom is 0.305 e. The van der Waals surface area contributed by atoms with E-state index in [1.165, 1.54) is 0 Å². The molecular formula is C11H17N3O5S2. The van der Waals surface area contributed by atoms with Crippen molar-refractivity contribution in [3.63, 3.8) is 0 Å². The van der Waals surface area contributed by atoms with E-state index in [1.807, 2.05) is 0 Å². The fraction of sp³-hybridized carbons (Fsp3) is 0.545. The van der Waals surface area contributed by atoms with Gasteiger partial charge in [-0.1, -0.05) is 6.92 Å². The van der Waals surface area contributed by atoms with E-state index in [0.717, 1.165) is 17.6 Å². The highest BCUT2D eigenvalue weighted by molar-refractivity contribution is 7.92. The van der Waals surface area contributed by atoms with Gasteiger partial charge in [0.2, 0.25) is 15.9 Å². The van der Waals surface area contributed by atoms with Crippen molar-refractivity contribution in [2.75, 3.05) is 11.0 Å². The number of aliphatic carboxylic acids is 1. The fourth-order valence-corrected chi connectivity index (χ4v) is 3.11. The van der Waals surface area contributed by atoms with Gasteiger partial charge in [0.1, 0.15) is 0 Å². The van der Waals surface area contributed by atoms with Gasteiger partial charge in [0, 0.05) is 11.4 Å². The van der Waals surface area contributed by atoms with Crippen LogP contribution in [0.3, 0.4) is 0 Å². The van der Waals surface area contributed by atoms with Gasteiger partial charge in [-0.15, -0.1) is 11.3 Å². The summed E-state index contributed by atoms with van der Waals surface area (Å²) in [5, 5.41) is 13.1. The first-order valence-corrected chi connectivity index (χ1v) is 8.90. The summed E-state index contributed by atoms with van der Waals surface area (Å²) in [6.45, 7) is 1.78. The van der Waals surface area contributed by atoms with Crippen LogP contribution in [-0.4, -0.2) is 42.7 Å². The molecular weight excluding hydrogens is 318 g/mol. The molecule has 0 aromatic carbocycles. The number of aromatic nitrogens is 1. The van der Waals surface area contributed by atoms with E-state index >= 15 is 0 Å². The average molecular weight is 335 g/mol. The average Bonchev–Trinajstić information content (AvgIpc) is 2.72. The van der Waals surface area contributed by atoms with E-state index in [4.69, 9.17) is 5.11 Å². The highest BCUT2D eigenvalue weighted by Crippen LogP contribution is 2.16. The molecule has 0 aliphatic carbocycles. The summed E-state index contributed by atoms with van der Waals surface area (Å²) in [5.41, 5.74) is 0.425. The van der Waals surface area contributed by atoms with Crippen molar-refractivity contribution < 1.29 is 23.1 Å². The number of carbonyl (C=O) groups excluding carboxylic acids is 1. The molecule has 0 aliphatic heterocycles. The highest BCUT2D eigenvalue weighted by Gasteiger charge is 2.15. The van der Waals surface area contributed by atoms with Crippen LogP contribution in [0.5, 0.6) is 0 Å². The van der Waals surface area contributed by atoms with Crippen LogP contribution < -0.4 is 10.0 Å². The van der Waals surface area contributed by atoms with Crippen LogP contribution in [0.1, 0.15) is 25.5 Å². The van der Waals surface area contributed by atoms with E-state index in [9.17, 15) is 18.0 Å². The Hall–Kier alpha value is -1.68. The van der Waals surface area contributed by atoms with Crippen molar-refractivity contribution in [3.8, 4) is 0 Å². The maximum atomic E-state index is 11.8. The van der Waals surface area contributed by atoms with Crippen LogP contribution >= 0.6 is 11.3 Å². The van der Waals surface area contributed by atoms with Crippen molar-refractivity contribution in [2.24, 2.45) is 0 Å². The van der Waals surface area contributed by atoms with Crippen molar-refractivity contribution >= 4 is 38.4 Å². The molecule has 0 bridgehead atoms. The molecule has 1 unspecified atom stereocenters. The Morgan fingerprint density at radius 2 is 2.14 bits per heavy atom. The van der Waals surface area contributed by atoms with Crippen molar-refractivity contribution in [3.05, 3.63) is 11.1 Å². The highest BCUT2D eigenvalue weighted by atomic mass is 32.2. The largest absolute Gasteiger partial charge is 0.481 e. The number of amides is 1. The number of carboxylic acids is 1. The molecule has 21 heavy (non-hydrogen) atoms. The lowest BCUT2D eigenvalue weighted by molar-refractivity contribution is -0.137. The first-order valence-electron chi connectivity index (χ1n) is 6.13. The summed E-state index contributed by atoms with van der Waals surface area (Å²) in [5.74, 6) is -1.32. The Bertz CT molecular complexity index is 611. The van der Waals surface area contributed by atoms with Gasteiger partial charge in [0.25, 0.3) is 0 Å². The molecule has 1 aromatic rings. The fourth-order valence-electron chi connectivity index (χ4n) is 1.55. The summed E-state index contributed by atoms with van der Waals surface area (Å²) >= 11 is 1.08. The Balaban J connectivity index is 2.57. The number of hydrogen-bond donors (Lipinski definition) is 3. The summed E-state index contributed by atoms with van der Waals surface area (Å²) in [4.78, 5) is 26.4. The number of anilines is 1. The third-order valence-corrected chi connectivity index (χ3v) is 3.94. The van der Waals surface area contributed by atoms with Gasteiger partial charge in [-0.05, 0) is 6.42 Å². The Morgan fingerprint density at radius 3 is 2.67 bits per heavy atom. The lowest BCUT2D eigenvalue weighted by Crippen LogP contribution is -2.37. The van der Waals surface area contributed by atoms with Crippen molar-refractivity contribution in [1.82, 2.24) is 10.3 Å². The monoisotopic (exact) mass is 335 g/mol. The van der Waals surface area contributed by atoms with Crippen LogP contribution in [0.15, 0.2) is 5.38 Å². The number of rotatable bonds is 8. The number of sulfonamides is 1. The van der Waals surface area contributed by atoms with Gasteiger partial charge >= 0.3 is 5.97 Å². The minimum absolute atomic E-state index is 0.0297. The molecule has 1 rings (SSSR count). The molecule has 0 saturated carbocycles. The number of carbonyl (C=O) groups is 2. The molecule has 0 fully saturated rings. The quantitative estimate of drug-likeness (QED) is 0.632. The number of carboxylic acid groups (broad SMARTS) is 1. The zero-order valence-corrected chi connectivity index (χ0v) is 13.3. The molecule has 0 saturated heterocycles. The lowest BCUT2D eigenvalue weighted by Gasteiger charge is -2.14. The molecule has 1 heterocycles. The zero-order chi connectivity index (χ0) is 16.0. The molecule has 0 aliphatic rings. The molecule has 1 aromatic heterocycles. The lowest BCUT2D eigenvalue weighted by atomic mass is 10.1. The molecule has 10 heteroatoms. The Kier molecular flexibility index (Phi) is 6.09. The standard InChI is InChI=1S/C11H17N3O5S2/c1-3-7(5-10(16)17)12-9(15)4-8-6-20-11(13-8)14-21(2,18)19/h6-7H,3-5H2,1-2H3,(H,12,15)(H,13,14)(H,16,17). The van der Waals surface area contributed by atoms with Crippen LogP contribution in [0, 0.1) is 0 Å². The molecule has 0 spiro atoms. The van der Waals surface area contributed by atoms with Gasteiger partial charge in [-0.2, -0.15) is 0 Å². The van der Waals surface area contributed by atoms with Crippen LogP contribution in [-0.2, 0) is 26.0 Å². The number of thiazole rings is 1. The van der Waals surface area contributed by atoms with Crippen molar-refractivity contribution in [1.29, 1.82) is 0 Å². The van der Waals surface area contributed by atoms with E-state index in [-0.39, 0.29) is 23.9 Å². The van der Waals surface area contributed by atoms with E-state index < -0.39 is 22.0 Å². The minimum Gasteiger partial charge on any atom is -0.481 e. The molecule has 0 radical (unpaired) electrons. The smallest absolute Gasteiger partial charge is 0.305 e. The predicted octanol–water partition coefficient (Wildman–Crippen LogP) is 0.427. The zero-order valence-electron chi connectivity index (χ0n) is 11.6. The molecule has 118 valence electrons. The van der Waals surface area contributed by atoms with Gasteiger partial charge in [-0.3, -0.25) is 14.3 Å². The SMILES string of the molecule is CCC(CC(=O)O)NC(=O)Cc1csc(NS(C)(=O)=O)n1. The van der Waals surface area contributed by atoms with Gasteiger partial charge in [0.05, 0.1) is 24.8 Å². The Labute approximate surface area is 126 Å². The van der Waals surface area contributed by atoms with Crippen molar-refractivity contribution in [2.45, 2.75) is 32.2 Å². The second-order valence-electron chi connectivity index (χ2n) is 4.47. The topological polar surface area (TPSA) is 125 Å². The first-order chi connectivity index (χ1) is 9.69. The van der Waals surface area contributed by atoms with Gasteiger partial charge in [0.15, 0.2) is 5.13 Å². The second-order valence-corrected chi connectivity index (χ2v) is 7.07. The Morgan fingerprint density at radius 1 is 1.48 bits per heavy atom. The normalized spacial score (nSPS) is 12.7. The van der Waals surface area contributed by atoms with E-state index in [0.29, 0.717) is 12.1 Å². The summed E-state index contributed by atoms with van der Waals surface area (Å²) in [6, 6.07) is -0.428. The van der Waals surface area contributed by atoms with Crippen LogP contribution in [0.4, 0.5) is 5.13 Å². The van der Waals surface area contributed by atoms with E-state index in [2.05, 4.69) is 15.0 Å². The maximum absolute atomic E-state index is 11.8. The molecule has 1 atom stereocenters. The summed E-state index contributed by atoms with van der Waals surface area (Å²) in [7, 11) is -3.40. The minimum atomic E-state index is -3.40. The summed E-state index contributed by atoms with van der Waals surface area (Å²) in [6.07, 6.45) is 1.35. The summed E-state index contributed by atoms with van der Waals surface area (Å²) < 4.78 is 24.3. The molecule has 8 nitrogen and oxygen atoms in total. The van der Waals surface area contributed by atoms with E-state index in [1.54, 1.807) is 12.3 Å². The van der Waals surface area contributed by atoms with Crippen LogP contribution in [0.2, 0.25) is 0 Å². The van der Waals surface area contributed by atoms with Gasteiger partial charge < -0.3 is 10.4 Å². The third kappa shape index (κ3) is 7.04. The molecule has 1 amide bonds. The number of nitrogens with one attached hydrogen (secondary N) is 2.